The van der Waals surface area contributed by atoms with E-state index in [0.717, 1.165) is 38.8 Å². The highest BCUT2D eigenvalue weighted by Crippen LogP contribution is 2.40. The molecule has 2 saturated heterocycles. The second-order valence-electron chi connectivity index (χ2n) is 6.84. The van der Waals surface area contributed by atoms with Gasteiger partial charge in [0.15, 0.2) is 0 Å². The third kappa shape index (κ3) is 3.45. The zero-order valence-corrected chi connectivity index (χ0v) is 14.1. The summed E-state index contributed by atoms with van der Waals surface area (Å²) in [6.07, 6.45) is 7.43. The van der Waals surface area contributed by atoms with E-state index in [-0.39, 0.29) is 18.4 Å². The van der Waals surface area contributed by atoms with E-state index in [9.17, 15) is 9.59 Å². The number of aryl methyl sites for hydroxylation is 1. The number of β-amino-alcohol motifs (C(OH)–C–C–N with tert-alkyl or cyclic N) is 1. The molecule has 0 unspecified atom stereocenters. The van der Waals surface area contributed by atoms with E-state index < -0.39 is 5.41 Å². The van der Waals surface area contributed by atoms with E-state index >= 15 is 0 Å². The number of nitrogens with zero attached hydrogens (tertiary/aromatic N) is 4. The number of carbonyl (C=O) groups is 2. The van der Waals surface area contributed by atoms with Crippen LogP contribution in [0.4, 0.5) is 0 Å². The van der Waals surface area contributed by atoms with E-state index in [1.165, 1.54) is 0 Å². The number of aliphatic hydroxyl groups excluding tert-OH is 1. The number of hydrogen-bond acceptors (Lipinski definition) is 4. The van der Waals surface area contributed by atoms with Crippen LogP contribution < -0.4 is 0 Å². The highest BCUT2D eigenvalue weighted by atomic mass is 16.3. The quantitative estimate of drug-likeness (QED) is 0.821. The number of likely N-dealkylation sites (tertiary alicyclic amines) is 2. The molecule has 2 amide bonds. The molecule has 7 heteroatoms. The van der Waals surface area contributed by atoms with Gasteiger partial charge in [-0.3, -0.25) is 14.3 Å². The minimum Gasteiger partial charge on any atom is -0.395 e. The van der Waals surface area contributed by atoms with Crippen molar-refractivity contribution in [3.63, 3.8) is 0 Å². The molecule has 0 saturated carbocycles. The smallest absolute Gasteiger partial charge is 0.230 e. The van der Waals surface area contributed by atoms with Crippen LogP contribution in [0.1, 0.15) is 32.1 Å². The first-order valence-corrected chi connectivity index (χ1v) is 8.80. The first-order chi connectivity index (χ1) is 11.6. The molecule has 0 aromatic carbocycles. The molecule has 7 nitrogen and oxygen atoms in total. The van der Waals surface area contributed by atoms with Crippen LogP contribution in [0, 0.1) is 5.41 Å². The molecule has 2 aliphatic heterocycles. The lowest BCUT2D eigenvalue weighted by molar-refractivity contribution is -0.146. The molecule has 0 bridgehead atoms. The molecule has 1 aromatic heterocycles. The monoisotopic (exact) mass is 334 g/mol. The van der Waals surface area contributed by atoms with Crippen molar-refractivity contribution < 1.29 is 14.7 Å². The van der Waals surface area contributed by atoms with Gasteiger partial charge in [0, 0.05) is 51.5 Å². The lowest BCUT2D eigenvalue weighted by Crippen LogP contribution is -2.51. The van der Waals surface area contributed by atoms with Crippen molar-refractivity contribution in [3.8, 4) is 0 Å². The van der Waals surface area contributed by atoms with Crippen molar-refractivity contribution in [2.45, 2.75) is 38.6 Å². The summed E-state index contributed by atoms with van der Waals surface area (Å²) in [5.74, 6) is 0.251. The SMILES string of the molecule is O=C(CCCn1cccn1)N1CC[C@]2(CCCN(CCO)C2=O)C1. The summed E-state index contributed by atoms with van der Waals surface area (Å²) in [4.78, 5) is 28.8. The van der Waals surface area contributed by atoms with Gasteiger partial charge in [-0.15, -0.1) is 0 Å². The maximum Gasteiger partial charge on any atom is 0.230 e. The van der Waals surface area contributed by atoms with E-state index in [0.29, 0.717) is 26.1 Å². The maximum absolute atomic E-state index is 12.7. The van der Waals surface area contributed by atoms with E-state index in [4.69, 9.17) is 5.11 Å². The van der Waals surface area contributed by atoms with Gasteiger partial charge in [-0.1, -0.05) is 0 Å². The van der Waals surface area contributed by atoms with Crippen molar-refractivity contribution in [3.05, 3.63) is 18.5 Å². The zero-order chi connectivity index (χ0) is 17.0. The fourth-order valence-corrected chi connectivity index (χ4v) is 3.93. The molecule has 132 valence electrons. The third-order valence-corrected chi connectivity index (χ3v) is 5.24. The van der Waals surface area contributed by atoms with Crippen molar-refractivity contribution >= 4 is 11.8 Å². The molecule has 24 heavy (non-hydrogen) atoms. The Labute approximate surface area is 142 Å². The standard InChI is InChI=1S/C17H26N4O3/c22-13-12-19-8-2-5-17(16(19)24)6-11-20(14-17)15(23)4-1-9-21-10-3-7-18-21/h3,7,10,22H,1-2,4-6,8-9,11-14H2/t17-/m1/s1. The van der Waals surface area contributed by atoms with Crippen LogP contribution in [-0.2, 0) is 16.1 Å². The molecule has 1 aromatic rings. The summed E-state index contributed by atoms with van der Waals surface area (Å²) >= 11 is 0. The van der Waals surface area contributed by atoms with Crippen LogP contribution in [0.5, 0.6) is 0 Å². The summed E-state index contributed by atoms with van der Waals surface area (Å²) in [6, 6.07) is 1.87. The van der Waals surface area contributed by atoms with Gasteiger partial charge in [0.25, 0.3) is 0 Å². The van der Waals surface area contributed by atoms with Crippen molar-refractivity contribution in [1.82, 2.24) is 19.6 Å². The Morgan fingerprint density at radius 2 is 2.17 bits per heavy atom. The number of aliphatic hydroxyl groups is 1. The van der Waals surface area contributed by atoms with Gasteiger partial charge in [0.2, 0.25) is 11.8 Å². The molecule has 2 aliphatic rings. The molecular weight excluding hydrogens is 308 g/mol. The maximum atomic E-state index is 12.7. The Balaban J connectivity index is 1.52. The zero-order valence-electron chi connectivity index (χ0n) is 14.1. The van der Waals surface area contributed by atoms with Crippen molar-refractivity contribution in [2.75, 3.05) is 32.8 Å². The number of amides is 2. The molecule has 3 rings (SSSR count). The van der Waals surface area contributed by atoms with Crippen LogP contribution in [0.25, 0.3) is 0 Å². The lowest BCUT2D eigenvalue weighted by atomic mass is 9.78. The largest absolute Gasteiger partial charge is 0.395 e. The number of carbonyl (C=O) groups excluding carboxylic acids is 2. The van der Waals surface area contributed by atoms with Crippen LogP contribution in [-0.4, -0.2) is 69.3 Å². The van der Waals surface area contributed by atoms with Crippen LogP contribution in [0.3, 0.4) is 0 Å². The Kier molecular flexibility index (Phi) is 5.18. The second-order valence-corrected chi connectivity index (χ2v) is 6.84. The molecule has 0 aliphatic carbocycles. The number of hydrogen-bond donors (Lipinski definition) is 1. The number of piperidine rings is 1. The Morgan fingerprint density at radius 3 is 2.92 bits per heavy atom. The number of rotatable bonds is 6. The molecule has 1 spiro atoms. The first kappa shape index (κ1) is 17.0. The summed E-state index contributed by atoms with van der Waals surface area (Å²) < 4.78 is 1.83. The average molecular weight is 334 g/mol. The van der Waals surface area contributed by atoms with E-state index in [1.807, 2.05) is 21.8 Å². The van der Waals surface area contributed by atoms with Gasteiger partial charge in [-0.2, -0.15) is 5.10 Å². The van der Waals surface area contributed by atoms with E-state index in [2.05, 4.69) is 5.10 Å². The third-order valence-electron chi connectivity index (χ3n) is 5.24. The highest BCUT2D eigenvalue weighted by molar-refractivity contribution is 5.86. The summed E-state index contributed by atoms with van der Waals surface area (Å²) in [5.41, 5.74) is -0.412. The summed E-state index contributed by atoms with van der Waals surface area (Å²) in [7, 11) is 0. The number of aromatic nitrogens is 2. The lowest BCUT2D eigenvalue weighted by Gasteiger charge is -2.39. The molecule has 1 atom stereocenters. The second kappa shape index (κ2) is 7.34. The van der Waals surface area contributed by atoms with Crippen molar-refractivity contribution in [1.29, 1.82) is 0 Å². The Morgan fingerprint density at radius 1 is 1.29 bits per heavy atom. The van der Waals surface area contributed by atoms with Gasteiger partial charge >= 0.3 is 0 Å². The van der Waals surface area contributed by atoms with Gasteiger partial charge < -0.3 is 14.9 Å². The normalized spacial score (nSPS) is 24.1. The molecule has 1 N–H and O–H groups in total. The topological polar surface area (TPSA) is 78.7 Å². The van der Waals surface area contributed by atoms with Crippen LogP contribution in [0.2, 0.25) is 0 Å². The van der Waals surface area contributed by atoms with Crippen LogP contribution in [0.15, 0.2) is 18.5 Å². The molecule has 0 radical (unpaired) electrons. The minimum atomic E-state index is -0.412. The average Bonchev–Trinajstić information content (AvgIpc) is 3.23. The molecular formula is C17H26N4O3. The fourth-order valence-electron chi connectivity index (χ4n) is 3.93. The van der Waals surface area contributed by atoms with Gasteiger partial charge in [-0.25, -0.2) is 0 Å². The first-order valence-electron chi connectivity index (χ1n) is 8.80. The summed E-state index contributed by atoms with van der Waals surface area (Å²) in [6.45, 7) is 3.06. The van der Waals surface area contributed by atoms with Gasteiger partial charge in [0.1, 0.15) is 0 Å². The minimum absolute atomic E-state index is 0.00209. The Bertz CT molecular complexity index is 572. The van der Waals surface area contributed by atoms with Crippen LogP contribution >= 0.6 is 0 Å². The molecule has 2 fully saturated rings. The van der Waals surface area contributed by atoms with Gasteiger partial charge in [0.05, 0.1) is 12.0 Å². The Hall–Kier alpha value is -1.89. The predicted molar refractivity (Wildman–Crippen MR) is 88.0 cm³/mol. The predicted octanol–water partition coefficient (Wildman–Crippen LogP) is 0.497. The summed E-state index contributed by atoms with van der Waals surface area (Å²) in [5, 5.41) is 13.3. The molecule has 3 heterocycles. The van der Waals surface area contributed by atoms with Crippen molar-refractivity contribution in [2.24, 2.45) is 5.41 Å². The van der Waals surface area contributed by atoms with E-state index in [1.54, 1.807) is 11.1 Å². The van der Waals surface area contributed by atoms with Gasteiger partial charge in [-0.05, 0) is 31.7 Å². The fraction of sp³-hybridized carbons (Fsp3) is 0.706. The highest BCUT2D eigenvalue weighted by Gasteiger charge is 2.48.